The lowest BCUT2D eigenvalue weighted by Crippen LogP contribution is -2.49. The second kappa shape index (κ2) is 10.3. The number of carbonyl (C=O) groups is 3. The molecule has 2 aliphatic rings. The van der Waals surface area contributed by atoms with Crippen LogP contribution in [0.3, 0.4) is 0 Å². The number of hydrogen-bond donors (Lipinski definition) is 0. The van der Waals surface area contributed by atoms with Gasteiger partial charge in [0.1, 0.15) is 5.69 Å². The minimum atomic E-state index is -0.377. The minimum Gasteiger partial charge on any atom is -0.342 e. The molecule has 0 radical (unpaired) electrons. The number of ketones is 1. The van der Waals surface area contributed by atoms with Gasteiger partial charge in [0.2, 0.25) is 5.91 Å². The fourth-order valence-corrected chi connectivity index (χ4v) is 6.02. The third kappa shape index (κ3) is 4.95. The molecule has 7 heteroatoms. The molecule has 1 aliphatic carbocycles. The van der Waals surface area contributed by atoms with E-state index in [1.807, 2.05) is 72.3 Å². The molecule has 2 amide bonds. The number of benzene rings is 2. The van der Waals surface area contributed by atoms with Crippen LogP contribution in [0, 0.1) is 12.8 Å². The predicted octanol–water partition coefficient (Wildman–Crippen LogP) is 4.02. The zero-order valence-electron chi connectivity index (χ0n) is 21.8. The van der Waals surface area contributed by atoms with Crippen molar-refractivity contribution in [2.45, 2.75) is 44.6 Å². The molecular weight excluding hydrogens is 464 g/mol. The Kier molecular flexibility index (Phi) is 6.96. The van der Waals surface area contributed by atoms with Gasteiger partial charge in [-0.15, -0.1) is 0 Å². The van der Waals surface area contributed by atoms with Gasteiger partial charge in [-0.05, 0) is 49.3 Å². The summed E-state index contributed by atoms with van der Waals surface area (Å²) >= 11 is 0. The second-order valence-electron chi connectivity index (χ2n) is 10.4. The van der Waals surface area contributed by atoms with Crippen LogP contribution in [0.4, 0.5) is 0 Å². The van der Waals surface area contributed by atoms with Crippen LogP contribution in [0.2, 0.25) is 0 Å². The van der Waals surface area contributed by atoms with Gasteiger partial charge in [-0.25, -0.2) is 0 Å². The molecule has 1 aromatic heterocycles. The van der Waals surface area contributed by atoms with E-state index in [1.165, 1.54) is 5.56 Å². The van der Waals surface area contributed by atoms with Crippen molar-refractivity contribution in [3.63, 3.8) is 0 Å². The summed E-state index contributed by atoms with van der Waals surface area (Å²) in [6, 6.07) is 19.6. The molecule has 37 heavy (non-hydrogen) atoms. The molecule has 2 atom stereocenters. The van der Waals surface area contributed by atoms with Gasteiger partial charge in [0.25, 0.3) is 5.91 Å². The molecule has 0 unspecified atom stereocenters. The van der Waals surface area contributed by atoms with E-state index in [0.717, 1.165) is 30.5 Å². The highest BCUT2D eigenvalue weighted by Gasteiger charge is 2.39. The number of Topliss-reactive ketones (excluding diaryl/α,β-unsaturated/α-hetero) is 1. The Hall–Kier alpha value is -3.74. The van der Waals surface area contributed by atoms with Gasteiger partial charge in [0.05, 0.1) is 11.6 Å². The zero-order chi connectivity index (χ0) is 26.1. The van der Waals surface area contributed by atoms with Crippen LogP contribution in [0.5, 0.6) is 0 Å². The van der Waals surface area contributed by atoms with Crippen molar-refractivity contribution < 1.29 is 14.4 Å². The van der Waals surface area contributed by atoms with E-state index in [2.05, 4.69) is 17.2 Å². The van der Waals surface area contributed by atoms with Gasteiger partial charge in [-0.2, -0.15) is 5.10 Å². The number of carbonyl (C=O) groups excluding carboxylic acids is 3. The first kappa shape index (κ1) is 24.9. The SMILES string of the molecule is Cc1cc(C(=O)N(C)[C@H](Cc2ccccc2)C2CCN(C(=O)[C@@H]3CC(=O)c4ccccc43)CC2)n(C)n1. The quantitative estimate of drug-likeness (QED) is 0.515. The highest BCUT2D eigenvalue weighted by atomic mass is 16.2. The number of nitrogens with zero attached hydrogens (tertiary/aromatic N) is 4. The number of aromatic nitrogens is 2. The van der Waals surface area contributed by atoms with E-state index in [-0.39, 0.29) is 41.9 Å². The maximum atomic E-state index is 13.5. The van der Waals surface area contributed by atoms with Crippen LogP contribution in [-0.2, 0) is 18.3 Å². The average Bonchev–Trinajstić information content (AvgIpc) is 3.44. The Morgan fingerprint density at radius 2 is 1.73 bits per heavy atom. The number of aryl methyl sites for hydroxylation is 2. The first-order valence-corrected chi connectivity index (χ1v) is 13.1. The second-order valence-corrected chi connectivity index (χ2v) is 10.4. The number of fused-ring (bicyclic) bond motifs is 1. The van der Waals surface area contributed by atoms with E-state index >= 15 is 0 Å². The molecule has 2 aromatic carbocycles. The number of rotatable bonds is 6. The van der Waals surface area contributed by atoms with Crippen LogP contribution in [0.25, 0.3) is 0 Å². The lowest BCUT2D eigenvalue weighted by atomic mass is 9.84. The first-order chi connectivity index (χ1) is 17.8. The molecule has 1 fully saturated rings. The van der Waals surface area contributed by atoms with Gasteiger partial charge < -0.3 is 9.80 Å². The summed E-state index contributed by atoms with van der Waals surface area (Å²) in [5.41, 5.74) is 4.13. The Morgan fingerprint density at radius 3 is 2.41 bits per heavy atom. The van der Waals surface area contributed by atoms with Crippen molar-refractivity contribution in [2.75, 3.05) is 20.1 Å². The molecule has 2 heterocycles. The van der Waals surface area contributed by atoms with E-state index < -0.39 is 0 Å². The van der Waals surface area contributed by atoms with Gasteiger partial charge in [-0.3, -0.25) is 19.1 Å². The number of likely N-dealkylation sites (N-methyl/N-ethyl adjacent to an activating group) is 1. The summed E-state index contributed by atoms with van der Waals surface area (Å²) in [4.78, 5) is 43.2. The third-order valence-corrected chi connectivity index (χ3v) is 8.05. The highest BCUT2D eigenvalue weighted by Crippen LogP contribution is 2.36. The van der Waals surface area contributed by atoms with Crippen molar-refractivity contribution in [3.8, 4) is 0 Å². The van der Waals surface area contributed by atoms with Crippen molar-refractivity contribution in [2.24, 2.45) is 13.0 Å². The Morgan fingerprint density at radius 1 is 1.05 bits per heavy atom. The number of likely N-dealkylation sites (tertiary alicyclic amines) is 1. The summed E-state index contributed by atoms with van der Waals surface area (Å²) in [7, 11) is 3.69. The first-order valence-electron chi connectivity index (χ1n) is 13.1. The normalized spacial score (nSPS) is 18.5. The topological polar surface area (TPSA) is 75.5 Å². The third-order valence-electron chi connectivity index (χ3n) is 8.05. The summed E-state index contributed by atoms with van der Waals surface area (Å²) in [5.74, 6) is -0.0604. The summed E-state index contributed by atoms with van der Waals surface area (Å²) < 4.78 is 1.65. The lowest BCUT2D eigenvalue weighted by molar-refractivity contribution is -0.134. The van der Waals surface area contributed by atoms with Crippen LogP contribution in [0.1, 0.15) is 62.8 Å². The average molecular weight is 499 g/mol. The zero-order valence-corrected chi connectivity index (χ0v) is 21.8. The van der Waals surface area contributed by atoms with Crippen LogP contribution in [0.15, 0.2) is 60.7 Å². The molecule has 0 saturated carbocycles. The fraction of sp³-hybridized carbons (Fsp3) is 0.400. The molecule has 5 rings (SSSR count). The van der Waals surface area contributed by atoms with Gasteiger partial charge in [0.15, 0.2) is 5.78 Å². The number of hydrogen-bond acceptors (Lipinski definition) is 4. The van der Waals surface area contributed by atoms with Crippen LogP contribution >= 0.6 is 0 Å². The predicted molar refractivity (Wildman–Crippen MR) is 141 cm³/mol. The molecular formula is C30H34N4O3. The van der Waals surface area contributed by atoms with Gasteiger partial charge in [0, 0.05) is 45.2 Å². The van der Waals surface area contributed by atoms with Crippen molar-refractivity contribution >= 4 is 17.6 Å². The number of amides is 2. The highest BCUT2D eigenvalue weighted by molar-refractivity contribution is 6.06. The van der Waals surface area contributed by atoms with E-state index in [0.29, 0.717) is 24.3 Å². The number of piperidine rings is 1. The maximum Gasteiger partial charge on any atom is 0.272 e. The molecule has 7 nitrogen and oxygen atoms in total. The van der Waals surface area contributed by atoms with Crippen molar-refractivity contribution in [1.29, 1.82) is 0 Å². The van der Waals surface area contributed by atoms with Crippen molar-refractivity contribution in [1.82, 2.24) is 19.6 Å². The van der Waals surface area contributed by atoms with Crippen molar-refractivity contribution in [3.05, 3.63) is 88.7 Å². The Balaban J connectivity index is 1.31. The largest absolute Gasteiger partial charge is 0.342 e. The van der Waals surface area contributed by atoms with Crippen LogP contribution < -0.4 is 0 Å². The van der Waals surface area contributed by atoms with E-state index in [9.17, 15) is 14.4 Å². The molecule has 0 bridgehead atoms. The monoisotopic (exact) mass is 498 g/mol. The summed E-state index contributed by atoms with van der Waals surface area (Å²) in [5, 5.41) is 4.36. The Labute approximate surface area is 218 Å². The smallest absolute Gasteiger partial charge is 0.272 e. The van der Waals surface area contributed by atoms with Gasteiger partial charge >= 0.3 is 0 Å². The standard InChI is InChI=1S/C30H34N4O3/c1-20-17-27(33(3)31-20)30(37)32(2)26(18-21-9-5-4-6-10-21)22-13-15-34(16-14-22)29(36)25-19-28(35)24-12-8-7-11-23(24)25/h4-12,17,22,25-26H,13-16,18-19H2,1-3H3/t25-,26-/m1/s1. The lowest BCUT2D eigenvalue weighted by Gasteiger charge is -2.40. The van der Waals surface area contributed by atoms with Gasteiger partial charge in [-0.1, -0.05) is 54.6 Å². The molecule has 0 spiro atoms. The molecule has 0 N–H and O–H groups in total. The molecule has 3 aromatic rings. The fourth-order valence-electron chi connectivity index (χ4n) is 6.02. The molecule has 1 saturated heterocycles. The Bertz CT molecular complexity index is 1310. The maximum absolute atomic E-state index is 13.5. The van der Waals surface area contributed by atoms with E-state index in [4.69, 9.17) is 0 Å². The minimum absolute atomic E-state index is 0.00357. The molecule has 192 valence electrons. The van der Waals surface area contributed by atoms with E-state index in [1.54, 1.807) is 11.7 Å². The molecule has 1 aliphatic heterocycles. The van der Waals surface area contributed by atoms with Crippen LogP contribution in [-0.4, -0.2) is 63.4 Å². The summed E-state index contributed by atoms with van der Waals surface area (Å²) in [6.45, 7) is 3.16. The summed E-state index contributed by atoms with van der Waals surface area (Å²) in [6.07, 6.45) is 2.64.